The van der Waals surface area contributed by atoms with Gasteiger partial charge in [-0.1, -0.05) is 35.5 Å². The van der Waals surface area contributed by atoms with Gasteiger partial charge in [0.15, 0.2) is 11.6 Å². The van der Waals surface area contributed by atoms with Gasteiger partial charge in [0.25, 0.3) is 0 Å². The zero-order chi connectivity index (χ0) is 22.7. The molecule has 2 aliphatic carbocycles. The summed E-state index contributed by atoms with van der Waals surface area (Å²) >= 11 is 0. The van der Waals surface area contributed by atoms with E-state index in [9.17, 15) is 19.5 Å². The number of hydrogen-bond acceptors (Lipinski definition) is 7. The highest BCUT2D eigenvalue weighted by Gasteiger charge is 2.32. The second-order valence-corrected chi connectivity index (χ2v) is 8.12. The maximum Gasteiger partial charge on any atom is 0.325 e. The number of aromatic nitrogens is 1. The number of Topliss-reactive ketones (excluding diaryl/α,β-unsaturated/α-hetero) is 2. The molecule has 0 bridgehead atoms. The first-order valence-corrected chi connectivity index (χ1v) is 10.7. The van der Waals surface area contributed by atoms with Crippen LogP contribution in [0.4, 0.5) is 0 Å². The Balaban J connectivity index is 1.59. The molecule has 0 fully saturated rings. The number of aliphatic carboxylic acids is 1. The lowest BCUT2D eigenvalue weighted by Gasteiger charge is -2.24. The second-order valence-electron chi connectivity index (χ2n) is 8.12. The van der Waals surface area contributed by atoms with Crippen LogP contribution < -0.4 is 0 Å². The Hall–Kier alpha value is -3.55. The van der Waals surface area contributed by atoms with Gasteiger partial charge in [-0.25, -0.2) is 0 Å². The number of benzene rings is 1. The SMILES string of the molecule is O=C(O)CN=C(CCc1noc2c1C(=O)CCC2)C1=C(O)CC(c2ccccc2)CC1=O. The van der Waals surface area contributed by atoms with Gasteiger partial charge in [-0.15, -0.1) is 0 Å². The predicted molar refractivity (Wildman–Crippen MR) is 115 cm³/mol. The number of aliphatic imine (C=N–C) groups is 1. The Morgan fingerprint density at radius 1 is 1.12 bits per heavy atom. The summed E-state index contributed by atoms with van der Waals surface area (Å²) in [5.41, 5.74) is 2.25. The van der Waals surface area contributed by atoms with Crippen LogP contribution in [0.5, 0.6) is 0 Å². The molecular formula is C24H24N2O6. The third-order valence-corrected chi connectivity index (χ3v) is 5.92. The molecule has 0 radical (unpaired) electrons. The molecule has 1 unspecified atom stereocenters. The first-order chi connectivity index (χ1) is 15.4. The summed E-state index contributed by atoms with van der Waals surface area (Å²) in [6, 6.07) is 9.49. The number of nitrogens with zero attached hydrogens (tertiary/aromatic N) is 2. The average molecular weight is 436 g/mol. The Labute approximate surface area is 184 Å². The Bertz CT molecular complexity index is 1110. The standard InChI is InChI=1S/C24H24N2O6/c27-18-7-4-8-21-24(18)17(26-32-21)10-9-16(25-13-22(30)31)23-19(28)11-15(12-20(23)29)14-5-2-1-3-6-14/h1-3,5-6,15,28H,4,7-13H2,(H,30,31). The molecule has 1 heterocycles. The van der Waals surface area contributed by atoms with E-state index in [0.717, 1.165) is 12.0 Å². The predicted octanol–water partition coefficient (Wildman–Crippen LogP) is 3.61. The third-order valence-electron chi connectivity index (χ3n) is 5.92. The number of carbonyl (C=O) groups excluding carboxylic acids is 2. The van der Waals surface area contributed by atoms with Gasteiger partial charge in [-0.05, 0) is 30.7 Å². The van der Waals surface area contributed by atoms with Gasteiger partial charge >= 0.3 is 5.97 Å². The number of fused-ring (bicyclic) bond motifs is 1. The van der Waals surface area contributed by atoms with Gasteiger partial charge in [-0.3, -0.25) is 19.4 Å². The van der Waals surface area contributed by atoms with Crippen LogP contribution in [-0.2, 0) is 22.4 Å². The van der Waals surface area contributed by atoms with Crippen LogP contribution >= 0.6 is 0 Å². The summed E-state index contributed by atoms with van der Waals surface area (Å²) in [5.74, 6) is -1.09. The van der Waals surface area contributed by atoms with E-state index >= 15 is 0 Å². The van der Waals surface area contributed by atoms with Crippen molar-refractivity contribution < 1.29 is 29.1 Å². The summed E-state index contributed by atoms with van der Waals surface area (Å²) in [6.45, 7) is -0.517. The Morgan fingerprint density at radius 3 is 2.62 bits per heavy atom. The lowest BCUT2D eigenvalue weighted by molar-refractivity contribution is -0.135. The van der Waals surface area contributed by atoms with Gasteiger partial charge < -0.3 is 14.7 Å². The van der Waals surface area contributed by atoms with Crippen molar-refractivity contribution in [2.75, 3.05) is 6.54 Å². The van der Waals surface area contributed by atoms with Gasteiger partial charge in [0.1, 0.15) is 18.1 Å². The van der Waals surface area contributed by atoms with E-state index in [4.69, 9.17) is 9.63 Å². The number of aryl methyl sites for hydroxylation is 2. The van der Waals surface area contributed by atoms with E-state index < -0.39 is 12.5 Å². The number of hydrogen-bond donors (Lipinski definition) is 2. The molecule has 1 aromatic heterocycles. The van der Waals surface area contributed by atoms with Crippen molar-refractivity contribution in [2.45, 2.75) is 50.9 Å². The molecule has 8 heteroatoms. The molecule has 2 aromatic rings. The average Bonchev–Trinajstić information content (AvgIpc) is 3.19. The molecule has 32 heavy (non-hydrogen) atoms. The van der Waals surface area contributed by atoms with Crippen LogP contribution in [-0.4, -0.2) is 45.2 Å². The van der Waals surface area contributed by atoms with Crippen LogP contribution in [0, 0.1) is 0 Å². The van der Waals surface area contributed by atoms with E-state index in [1.165, 1.54) is 0 Å². The van der Waals surface area contributed by atoms with Crippen LogP contribution in [0.1, 0.15) is 65.4 Å². The smallest absolute Gasteiger partial charge is 0.325 e. The normalized spacial score (nSPS) is 19.2. The summed E-state index contributed by atoms with van der Waals surface area (Å²) in [6.07, 6.45) is 2.72. The number of carboxylic acids is 1. The quantitative estimate of drug-likeness (QED) is 0.634. The number of aliphatic hydroxyl groups excluding tert-OH is 1. The maximum atomic E-state index is 13.0. The van der Waals surface area contributed by atoms with Crippen molar-refractivity contribution in [3.8, 4) is 0 Å². The number of allylic oxidation sites excluding steroid dienone is 2. The fraction of sp³-hybridized carbons (Fsp3) is 0.375. The molecule has 0 saturated carbocycles. The topological polar surface area (TPSA) is 130 Å². The zero-order valence-electron chi connectivity index (χ0n) is 17.5. The van der Waals surface area contributed by atoms with Crippen molar-refractivity contribution in [1.29, 1.82) is 0 Å². The Morgan fingerprint density at radius 2 is 1.91 bits per heavy atom. The number of ketones is 2. The van der Waals surface area contributed by atoms with E-state index in [-0.39, 0.29) is 60.2 Å². The number of carboxylic acid groups (broad SMARTS) is 1. The van der Waals surface area contributed by atoms with Crippen molar-refractivity contribution in [1.82, 2.24) is 5.16 Å². The highest BCUT2D eigenvalue weighted by molar-refractivity contribution is 6.23. The molecule has 1 atom stereocenters. The van der Waals surface area contributed by atoms with Crippen LogP contribution in [0.3, 0.4) is 0 Å². The number of aliphatic hydroxyl groups is 1. The molecular weight excluding hydrogens is 412 g/mol. The second kappa shape index (κ2) is 9.30. The molecule has 0 amide bonds. The molecule has 2 aliphatic rings. The summed E-state index contributed by atoms with van der Waals surface area (Å²) in [7, 11) is 0. The minimum absolute atomic E-state index is 0.0203. The van der Waals surface area contributed by atoms with Crippen molar-refractivity contribution in [2.24, 2.45) is 4.99 Å². The molecule has 8 nitrogen and oxygen atoms in total. The fourth-order valence-electron chi connectivity index (χ4n) is 4.42. The van der Waals surface area contributed by atoms with E-state index in [1.807, 2.05) is 30.3 Å². The summed E-state index contributed by atoms with van der Waals surface area (Å²) < 4.78 is 5.31. The largest absolute Gasteiger partial charge is 0.511 e. The third kappa shape index (κ3) is 4.54. The van der Waals surface area contributed by atoms with Crippen molar-refractivity contribution >= 4 is 23.2 Å². The van der Waals surface area contributed by atoms with Gasteiger partial charge in [-0.2, -0.15) is 0 Å². The monoisotopic (exact) mass is 436 g/mol. The molecule has 0 spiro atoms. The molecule has 2 N–H and O–H groups in total. The van der Waals surface area contributed by atoms with Gasteiger partial charge in [0.05, 0.1) is 22.5 Å². The molecule has 4 rings (SSSR count). The maximum absolute atomic E-state index is 13.0. The molecule has 166 valence electrons. The highest BCUT2D eigenvalue weighted by atomic mass is 16.5. The highest BCUT2D eigenvalue weighted by Crippen LogP contribution is 2.35. The minimum Gasteiger partial charge on any atom is -0.511 e. The van der Waals surface area contributed by atoms with E-state index in [0.29, 0.717) is 29.9 Å². The molecule has 0 aliphatic heterocycles. The summed E-state index contributed by atoms with van der Waals surface area (Å²) in [5, 5.41) is 23.8. The Kier molecular flexibility index (Phi) is 6.30. The van der Waals surface area contributed by atoms with Crippen LogP contribution in [0.15, 0.2) is 51.2 Å². The first kappa shape index (κ1) is 21.7. The van der Waals surface area contributed by atoms with Gasteiger partial charge in [0, 0.05) is 25.7 Å². The van der Waals surface area contributed by atoms with Crippen molar-refractivity contribution in [3.63, 3.8) is 0 Å². The zero-order valence-corrected chi connectivity index (χ0v) is 17.5. The van der Waals surface area contributed by atoms with Crippen LogP contribution in [0.25, 0.3) is 0 Å². The molecule has 1 aromatic carbocycles. The van der Waals surface area contributed by atoms with Crippen LogP contribution in [0.2, 0.25) is 0 Å². The first-order valence-electron chi connectivity index (χ1n) is 10.7. The lowest BCUT2D eigenvalue weighted by Crippen LogP contribution is -2.25. The minimum atomic E-state index is -1.14. The lowest BCUT2D eigenvalue weighted by atomic mass is 9.80. The number of rotatable bonds is 7. The fourth-order valence-corrected chi connectivity index (χ4v) is 4.42. The van der Waals surface area contributed by atoms with Gasteiger partial charge in [0.2, 0.25) is 0 Å². The van der Waals surface area contributed by atoms with E-state index in [1.54, 1.807) is 0 Å². The summed E-state index contributed by atoms with van der Waals surface area (Å²) in [4.78, 5) is 40.5. The number of carbonyl (C=O) groups is 3. The molecule has 0 saturated heterocycles. The van der Waals surface area contributed by atoms with Crippen molar-refractivity contribution in [3.05, 3.63) is 64.2 Å². The van der Waals surface area contributed by atoms with E-state index in [2.05, 4.69) is 10.1 Å².